The van der Waals surface area contributed by atoms with Gasteiger partial charge in [0.15, 0.2) is 0 Å². The fourth-order valence-electron chi connectivity index (χ4n) is 2.48. The van der Waals surface area contributed by atoms with E-state index in [-0.39, 0.29) is 25.0 Å². The van der Waals surface area contributed by atoms with Crippen molar-refractivity contribution in [2.75, 3.05) is 57.4 Å². The maximum Gasteiger partial charge on any atom is 0.417 e. The van der Waals surface area contributed by atoms with E-state index in [0.717, 1.165) is 11.7 Å². The zero-order valence-corrected chi connectivity index (χ0v) is 17.8. The number of hydrogen-bond donors (Lipinski definition) is 3. The molecule has 0 aliphatic carbocycles. The normalized spacial score (nSPS) is 15.0. The topological polar surface area (TPSA) is 152 Å². The van der Waals surface area contributed by atoms with Gasteiger partial charge in [0.1, 0.15) is 12.7 Å². The highest BCUT2D eigenvalue weighted by atomic mass is 32.1. The summed E-state index contributed by atoms with van der Waals surface area (Å²) in [4.78, 5) is 35.8. The lowest BCUT2D eigenvalue weighted by Gasteiger charge is -2.27. The molecule has 0 radical (unpaired) electrons. The number of nitrogens with one attached hydrogen (secondary N) is 2. The van der Waals surface area contributed by atoms with Crippen LogP contribution in [0.2, 0.25) is 0 Å². The Bertz CT molecular complexity index is 708. The minimum atomic E-state index is -1.69. The number of amides is 1. The summed E-state index contributed by atoms with van der Waals surface area (Å²) in [7, 11) is 0. The summed E-state index contributed by atoms with van der Waals surface area (Å²) in [6.07, 6.45) is -0.867. The summed E-state index contributed by atoms with van der Waals surface area (Å²) < 4.78 is 24.3. The molecule has 1 aliphatic heterocycles. The second-order valence-corrected chi connectivity index (χ2v) is 7.31. The predicted molar refractivity (Wildman–Crippen MR) is 107 cm³/mol. The predicted octanol–water partition coefficient (Wildman–Crippen LogP) is -0.888. The number of carboxylic acids is 1. The number of morpholine rings is 1. The summed E-state index contributed by atoms with van der Waals surface area (Å²) in [5.74, 6) is -2.37. The number of ether oxygens (including phenoxy) is 3. The molecule has 0 aromatic carbocycles. The highest BCUT2D eigenvalue weighted by Gasteiger charge is 2.24. The average molecular weight is 445 g/mol. The summed E-state index contributed by atoms with van der Waals surface area (Å²) in [6, 6.07) is 0. The Hall–Kier alpha value is -2.51. The number of aromatic nitrogens is 2. The molecule has 0 spiro atoms. The molecule has 3 N–H and O–H groups in total. The first-order valence-corrected chi connectivity index (χ1v) is 10.3. The number of carbonyl (C=O) groups excluding carboxylic acids is 2. The van der Waals surface area contributed by atoms with E-state index in [1.54, 1.807) is 13.8 Å². The molecule has 0 bridgehead atoms. The Morgan fingerprint density at radius 3 is 2.63 bits per heavy atom. The SMILES string of the molecule is CC(C)C(=O)NCCNCC(COc1nsnc1N1CCOCC1)OC(=O)C(=O)O. The van der Waals surface area contributed by atoms with Crippen molar-refractivity contribution in [1.82, 2.24) is 19.4 Å². The standard InChI is InChI=1S/C17H27N5O7S/c1-11(2)14(23)19-4-3-18-9-12(29-17(26)16(24)25)10-28-15-13(20-30-21-15)22-5-7-27-8-6-22/h11-12,18H,3-10H2,1-2H3,(H,19,23)(H,24,25). The van der Waals surface area contributed by atoms with Crippen molar-refractivity contribution in [3.05, 3.63) is 0 Å². The number of anilines is 1. The van der Waals surface area contributed by atoms with Crippen LogP contribution < -0.4 is 20.3 Å². The van der Waals surface area contributed by atoms with Gasteiger partial charge in [-0.2, -0.15) is 4.37 Å². The number of aliphatic carboxylic acids is 1. The smallest absolute Gasteiger partial charge is 0.417 e. The van der Waals surface area contributed by atoms with Crippen LogP contribution in [0, 0.1) is 5.92 Å². The highest BCUT2D eigenvalue weighted by molar-refractivity contribution is 6.99. The highest BCUT2D eigenvalue weighted by Crippen LogP contribution is 2.26. The molecule has 168 valence electrons. The van der Waals surface area contributed by atoms with E-state index in [2.05, 4.69) is 19.4 Å². The van der Waals surface area contributed by atoms with Crippen molar-refractivity contribution in [3.63, 3.8) is 0 Å². The van der Waals surface area contributed by atoms with Gasteiger partial charge in [0.2, 0.25) is 11.7 Å². The van der Waals surface area contributed by atoms with Gasteiger partial charge in [-0.05, 0) is 0 Å². The molecule has 1 atom stereocenters. The van der Waals surface area contributed by atoms with Crippen molar-refractivity contribution < 1.29 is 33.7 Å². The molecule has 1 amide bonds. The van der Waals surface area contributed by atoms with Gasteiger partial charge in [-0.15, -0.1) is 4.37 Å². The molecule has 1 unspecified atom stereocenters. The quantitative estimate of drug-likeness (QED) is 0.221. The molecular weight excluding hydrogens is 418 g/mol. The van der Waals surface area contributed by atoms with E-state index in [9.17, 15) is 14.4 Å². The third-order valence-corrected chi connectivity index (χ3v) is 4.61. The molecule has 1 fully saturated rings. The van der Waals surface area contributed by atoms with E-state index >= 15 is 0 Å². The lowest BCUT2D eigenvalue weighted by atomic mass is 10.2. The van der Waals surface area contributed by atoms with E-state index < -0.39 is 18.0 Å². The minimum absolute atomic E-state index is 0.0688. The second-order valence-electron chi connectivity index (χ2n) is 6.79. The van der Waals surface area contributed by atoms with Crippen LogP contribution in [0.3, 0.4) is 0 Å². The molecule has 1 saturated heterocycles. The van der Waals surface area contributed by atoms with Crippen molar-refractivity contribution >= 4 is 35.4 Å². The van der Waals surface area contributed by atoms with Crippen LogP contribution in [0.4, 0.5) is 5.82 Å². The number of hydrogen-bond acceptors (Lipinski definition) is 11. The zero-order valence-electron chi connectivity index (χ0n) is 17.0. The Balaban J connectivity index is 1.85. The summed E-state index contributed by atoms with van der Waals surface area (Å²) in [5, 5.41) is 14.6. The van der Waals surface area contributed by atoms with E-state index in [4.69, 9.17) is 19.3 Å². The Morgan fingerprint density at radius 2 is 1.97 bits per heavy atom. The largest absolute Gasteiger partial charge is 0.473 e. The first-order chi connectivity index (χ1) is 14.4. The molecule has 2 rings (SSSR count). The maximum absolute atomic E-state index is 11.5. The first kappa shape index (κ1) is 23.8. The monoisotopic (exact) mass is 445 g/mol. The zero-order chi connectivity index (χ0) is 21.9. The number of carbonyl (C=O) groups is 3. The number of carboxylic acid groups (broad SMARTS) is 1. The summed E-state index contributed by atoms with van der Waals surface area (Å²) in [6.45, 7) is 6.88. The van der Waals surface area contributed by atoms with E-state index in [1.807, 2.05) is 4.90 Å². The van der Waals surface area contributed by atoms with Crippen LogP contribution in [0.1, 0.15) is 13.8 Å². The van der Waals surface area contributed by atoms with Crippen LogP contribution in [-0.2, 0) is 23.9 Å². The number of nitrogens with zero attached hydrogens (tertiary/aromatic N) is 3. The van der Waals surface area contributed by atoms with Crippen molar-refractivity contribution in [2.45, 2.75) is 20.0 Å². The third-order valence-electron chi connectivity index (χ3n) is 4.10. The van der Waals surface area contributed by atoms with Gasteiger partial charge in [-0.1, -0.05) is 13.8 Å². The lowest BCUT2D eigenvalue weighted by Crippen LogP contribution is -2.41. The number of rotatable bonds is 11. The summed E-state index contributed by atoms with van der Waals surface area (Å²) >= 11 is 0.995. The molecule has 1 aliphatic rings. The van der Waals surface area contributed by atoms with Gasteiger partial charge in [-0.3, -0.25) is 4.79 Å². The molecule has 2 heterocycles. The van der Waals surface area contributed by atoms with Gasteiger partial charge in [0.25, 0.3) is 5.88 Å². The molecule has 12 nitrogen and oxygen atoms in total. The molecule has 1 aromatic heterocycles. The van der Waals surface area contributed by atoms with Gasteiger partial charge >= 0.3 is 11.9 Å². The minimum Gasteiger partial charge on any atom is -0.473 e. The third kappa shape index (κ3) is 7.72. The molecule has 1 aromatic rings. The lowest BCUT2D eigenvalue weighted by molar-refractivity contribution is -0.168. The Morgan fingerprint density at radius 1 is 1.23 bits per heavy atom. The van der Waals surface area contributed by atoms with Crippen LogP contribution in [-0.4, -0.2) is 90.3 Å². The fourth-order valence-corrected chi connectivity index (χ4v) is 3.00. The average Bonchev–Trinajstić information content (AvgIpc) is 3.20. The molecule has 0 saturated carbocycles. The van der Waals surface area contributed by atoms with Crippen LogP contribution in [0.5, 0.6) is 5.88 Å². The van der Waals surface area contributed by atoms with Gasteiger partial charge in [0.05, 0.1) is 24.9 Å². The first-order valence-electron chi connectivity index (χ1n) is 9.58. The van der Waals surface area contributed by atoms with Crippen molar-refractivity contribution in [3.8, 4) is 5.88 Å². The van der Waals surface area contributed by atoms with Gasteiger partial charge in [0, 0.05) is 38.6 Å². The molecule has 30 heavy (non-hydrogen) atoms. The van der Waals surface area contributed by atoms with Crippen LogP contribution in [0.25, 0.3) is 0 Å². The Kier molecular flexibility index (Phi) is 9.70. The molecule has 13 heteroatoms. The Labute approximate surface area is 178 Å². The van der Waals surface area contributed by atoms with E-state index in [1.165, 1.54) is 0 Å². The van der Waals surface area contributed by atoms with Gasteiger partial charge < -0.3 is 34.9 Å². The van der Waals surface area contributed by atoms with Gasteiger partial charge in [-0.25, -0.2) is 9.59 Å². The fraction of sp³-hybridized carbons (Fsp3) is 0.706. The van der Waals surface area contributed by atoms with Crippen molar-refractivity contribution in [1.29, 1.82) is 0 Å². The molecular formula is C17H27N5O7S. The van der Waals surface area contributed by atoms with Crippen LogP contribution >= 0.6 is 11.7 Å². The van der Waals surface area contributed by atoms with E-state index in [0.29, 0.717) is 51.1 Å². The maximum atomic E-state index is 11.5. The number of esters is 1. The van der Waals surface area contributed by atoms with Crippen LogP contribution in [0.15, 0.2) is 0 Å². The summed E-state index contributed by atoms with van der Waals surface area (Å²) in [5.41, 5.74) is 0. The van der Waals surface area contributed by atoms with Crippen molar-refractivity contribution in [2.24, 2.45) is 5.92 Å². The second kappa shape index (κ2) is 12.2.